The monoisotopic (exact) mass is 392 g/mol. The van der Waals surface area contributed by atoms with Crippen LogP contribution in [-0.2, 0) is 13.1 Å². The van der Waals surface area contributed by atoms with Crippen molar-refractivity contribution in [3.8, 4) is 11.5 Å². The molecule has 0 fully saturated rings. The molecule has 1 aliphatic heterocycles. The van der Waals surface area contributed by atoms with E-state index in [4.69, 9.17) is 23.2 Å². The third-order valence-electron chi connectivity index (χ3n) is 4.11. The number of amides is 1. The Morgan fingerprint density at radius 1 is 1.08 bits per heavy atom. The Morgan fingerprint density at radius 3 is 2.69 bits per heavy atom. The molecule has 0 unspecified atom stereocenters. The standard InChI is InChI=1S/C16H11Cl2FN6O/c17-13-9(3-4-10(19)14(13)18)16(26)24-6-7-25-12(8-24)22-23-15(25)11-2-1-5-20-21-11/h1-5H,6-8H2. The molecule has 132 valence electrons. The van der Waals surface area contributed by atoms with Gasteiger partial charge in [0.2, 0.25) is 0 Å². The molecule has 0 bridgehead atoms. The fourth-order valence-electron chi connectivity index (χ4n) is 2.80. The van der Waals surface area contributed by atoms with Gasteiger partial charge in [-0.05, 0) is 24.3 Å². The number of carbonyl (C=O) groups is 1. The van der Waals surface area contributed by atoms with Crippen LogP contribution >= 0.6 is 23.2 Å². The van der Waals surface area contributed by atoms with Crippen molar-refractivity contribution in [3.05, 3.63) is 57.7 Å². The molecule has 10 heteroatoms. The SMILES string of the molecule is O=C(c1ccc(F)c(Cl)c1Cl)N1CCn2c(nnc2-c2cccnn2)C1. The zero-order valence-electron chi connectivity index (χ0n) is 13.2. The summed E-state index contributed by atoms with van der Waals surface area (Å²) in [6, 6.07) is 6.02. The van der Waals surface area contributed by atoms with Crippen LogP contribution in [-0.4, -0.2) is 42.3 Å². The van der Waals surface area contributed by atoms with Crippen molar-refractivity contribution in [1.29, 1.82) is 0 Å². The molecule has 0 aliphatic carbocycles. The van der Waals surface area contributed by atoms with Gasteiger partial charge < -0.3 is 9.47 Å². The lowest BCUT2D eigenvalue weighted by molar-refractivity contribution is 0.0708. The number of benzene rings is 1. The number of aromatic nitrogens is 5. The zero-order valence-corrected chi connectivity index (χ0v) is 14.7. The van der Waals surface area contributed by atoms with Crippen LogP contribution in [0.15, 0.2) is 30.5 Å². The Hall–Kier alpha value is -2.58. The molecule has 7 nitrogen and oxygen atoms in total. The van der Waals surface area contributed by atoms with Gasteiger partial charge in [-0.3, -0.25) is 4.79 Å². The summed E-state index contributed by atoms with van der Waals surface area (Å²) in [6.07, 6.45) is 1.58. The summed E-state index contributed by atoms with van der Waals surface area (Å²) in [4.78, 5) is 14.3. The molecule has 2 aromatic heterocycles. The number of hydrogen-bond acceptors (Lipinski definition) is 5. The number of carbonyl (C=O) groups excluding carboxylic acids is 1. The minimum absolute atomic E-state index is 0.0936. The number of fused-ring (bicyclic) bond motifs is 1. The van der Waals surface area contributed by atoms with E-state index in [9.17, 15) is 9.18 Å². The molecule has 0 N–H and O–H groups in total. The number of rotatable bonds is 2. The normalized spacial score (nSPS) is 13.6. The van der Waals surface area contributed by atoms with Gasteiger partial charge in [-0.25, -0.2) is 4.39 Å². The number of halogens is 3. The Labute approximate surface area is 157 Å². The maximum absolute atomic E-state index is 13.5. The minimum Gasteiger partial charge on any atom is -0.329 e. The van der Waals surface area contributed by atoms with Crippen molar-refractivity contribution in [3.63, 3.8) is 0 Å². The van der Waals surface area contributed by atoms with Gasteiger partial charge in [0.1, 0.15) is 11.5 Å². The fraction of sp³-hybridized carbons (Fsp3) is 0.188. The predicted octanol–water partition coefficient (Wildman–Crippen LogP) is 2.84. The molecule has 0 radical (unpaired) electrons. The Morgan fingerprint density at radius 2 is 1.92 bits per heavy atom. The van der Waals surface area contributed by atoms with Crippen molar-refractivity contribution in [2.75, 3.05) is 6.54 Å². The van der Waals surface area contributed by atoms with Crippen molar-refractivity contribution in [2.45, 2.75) is 13.1 Å². The summed E-state index contributed by atoms with van der Waals surface area (Å²) in [5.41, 5.74) is 0.763. The van der Waals surface area contributed by atoms with E-state index in [1.54, 1.807) is 23.2 Å². The Balaban J connectivity index is 1.61. The van der Waals surface area contributed by atoms with Crippen LogP contribution in [0.5, 0.6) is 0 Å². The van der Waals surface area contributed by atoms with E-state index in [0.717, 1.165) is 6.07 Å². The third-order valence-corrected chi connectivity index (χ3v) is 4.97. The quantitative estimate of drug-likeness (QED) is 0.626. The van der Waals surface area contributed by atoms with Gasteiger partial charge in [-0.2, -0.15) is 5.10 Å². The highest BCUT2D eigenvalue weighted by Gasteiger charge is 2.28. The summed E-state index contributed by atoms with van der Waals surface area (Å²) in [5, 5.41) is 15.8. The molecule has 0 saturated heterocycles. The fourth-order valence-corrected chi connectivity index (χ4v) is 3.20. The highest BCUT2D eigenvalue weighted by atomic mass is 35.5. The lowest BCUT2D eigenvalue weighted by Gasteiger charge is -2.28. The predicted molar refractivity (Wildman–Crippen MR) is 92.2 cm³/mol. The average Bonchev–Trinajstić information content (AvgIpc) is 3.09. The van der Waals surface area contributed by atoms with Gasteiger partial charge in [0.05, 0.1) is 22.2 Å². The van der Waals surface area contributed by atoms with E-state index >= 15 is 0 Å². The maximum atomic E-state index is 13.5. The van der Waals surface area contributed by atoms with E-state index in [2.05, 4.69) is 20.4 Å². The molecular formula is C16H11Cl2FN6O. The second-order valence-electron chi connectivity index (χ2n) is 5.65. The second-order valence-corrected chi connectivity index (χ2v) is 6.41. The molecule has 1 amide bonds. The van der Waals surface area contributed by atoms with Gasteiger partial charge in [0.15, 0.2) is 11.6 Å². The minimum atomic E-state index is -0.666. The molecule has 4 rings (SSSR count). The first-order valence-corrected chi connectivity index (χ1v) is 8.45. The van der Waals surface area contributed by atoms with E-state index in [1.807, 2.05) is 4.57 Å². The lowest BCUT2D eigenvalue weighted by Crippen LogP contribution is -2.38. The molecule has 26 heavy (non-hydrogen) atoms. The molecule has 3 aromatic rings. The third kappa shape index (κ3) is 2.81. The van der Waals surface area contributed by atoms with Crippen molar-refractivity contribution in [1.82, 2.24) is 29.9 Å². The summed E-state index contributed by atoms with van der Waals surface area (Å²) in [5.74, 6) is 0.213. The summed E-state index contributed by atoms with van der Waals surface area (Å²) >= 11 is 11.8. The van der Waals surface area contributed by atoms with Gasteiger partial charge in [0.25, 0.3) is 5.91 Å². The van der Waals surface area contributed by atoms with E-state index in [0.29, 0.717) is 30.4 Å². The summed E-state index contributed by atoms with van der Waals surface area (Å²) < 4.78 is 15.3. The molecule has 3 heterocycles. The van der Waals surface area contributed by atoms with Crippen LogP contribution in [0.4, 0.5) is 4.39 Å². The number of nitrogens with zero attached hydrogens (tertiary/aromatic N) is 6. The topological polar surface area (TPSA) is 76.8 Å². The highest BCUT2D eigenvalue weighted by Crippen LogP contribution is 2.30. The van der Waals surface area contributed by atoms with Gasteiger partial charge >= 0.3 is 0 Å². The second kappa shape index (κ2) is 6.62. The smallest absolute Gasteiger partial charge is 0.255 e. The molecule has 0 atom stereocenters. The Bertz CT molecular complexity index is 994. The van der Waals surface area contributed by atoms with Crippen molar-refractivity contribution >= 4 is 29.1 Å². The first-order valence-electron chi connectivity index (χ1n) is 7.69. The van der Waals surface area contributed by atoms with E-state index in [1.165, 1.54) is 6.07 Å². The van der Waals surface area contributed by atoms with Crippen LogP contribution in [0.25, 0.3) is 11.5 Å². The maximum Gasteiger partial charge on any atom is 0.255 e. The summed E-state index contributed by atoms with van der Waals surface area (Å²) in [7, 11) is 0. The van der Waals surface area contributed by atoms with Crippen LogP contribution in [0.3, 0.4) is 0 Å². The summed E-state index contributed by atoms with van der Waals surface area (Å²) in [6.45, 7) is 1.16. The molecule has 0 saturated carbocycles. The zero-order chi connectivity index (χ0) is 18.3. The first kappa shape index (κ1) is 16.9. The van der Waals surface area contributed by atoms with Crippen LogP contribution < -0.4 is 0 Å². The largest absolute Gasteiger partial charge is 0.329 e. The lowest BCUT2D eigenvalue weighted by atomic mass is 10.1. The van der Waals surface area contributed by atoms with E-state index < -0.39 is 5.82 Å². The van der Waals surface area contributed by atoms with Crippen molar-refractivity contribution in [2.24, 2.45) is 0 Å². The van der Waals surface area contributed by atoms with Gasteiger partial charge in [-0.15, -0.1) is 15.3 Å². The van der Waals surface area contributed by atoms with Crippen molar-refractivity contribution < 1.29 is 9.18 Å². The molecule has 1 aromatic carbocycles. The molecular weight excluding hydrogens is 382 g/mol. The van der Waals surface area contributed by atoms with Gasteiger partial charge in [-0.1, -0.05) is 23.2 Å². The molecule has 0 spiro atoms. The number of hydrogen-bond donors (Lipinski definition) is 0. The highest BCUT2D eigenvalue weighted by molar-refractivity contribution is 6.43. The van der Waals surface area contributed by atoms with Crippen LogP contribution in [0.2, 0.25) is 10.0 Å². The van der Waals surface area contributed by atoms with E-state index in [-0.39, 0.29) is 28.1 Å². The Kier molecular flexibility index (Phi) is 4.29. The van der Waals surface area contributed by atoms with Gasteiger partial charge in [0, 0.05) is 19.3 Å². The molecule has 1 aliphatic rings. The average molecular weight is 393 g/mol. The van der Waals surface area contributed by atoms with Crippen LogP contribution in [0, 0.1) is 5.82 Å². The first-order chi connectivity index (χ1) is 12.6. The van der Waals surface area contributed by atoms with Crippen LogP contribution in [0.1, 0.15) is 16.2 Å².